The molecule has 1 aromatic heterocycles. The maximum Gasteiger partial charge on any atom is 0.169 e. The highest BCUT2D eigenvalue weighted by Gasteiger charge is 2.10. The van der Waals surface area contributed by atoms with Crippen molar-refractivity contribution in [1.29, 1.82) is 0 Å². The second-order valence-electron chi connectivity index (χ2n) is 2.81. The Labute approximate surface area is 75.8 Å². The number of nitrogen functional groups attached to an aromatic ring is 1. The molecular formula is C8H12N2OS. The minimum Gasteiger partial charge on any atom is -0.389 e. The molecule has 3 nitrogen and oxygen atoms in total. The molecule has 66 valence electrons. The first kappa shape index (κ1) is 9.06. The number of anilines is 2. The van der Waals surface area contributed by atoms with Crippen molar-refractivity contribution >= 4 is 27.8 Å². The summed E-state index contributed by atoms with van der Waals surface area (Å²) in [6.45, 7) is 1.55. The summed E-state index contributed by atoms with van der Waals surface area (Å²) in [4.78, 5) is 13.6. The number of thiophene rings is 1. The SMILES string of the molecule is CC(=O)c1cc(N(C)C)c(N)s1. The van der Waals surface area contributed by atoms with Crippen molar-refractivity contribution in [3.8, 4) is 0 Å². The number of hydrogen-bond donors (Lipinski definition) is 1. The predicted octanol–water partition coefficient (Wildman–Crippen LogP) is 1.60. The topological polar surface area (TPSA) is 46.3 Å². The molecule has 0 bridgehead atoms. The van der Waals surface area contributed by atoms with Crippen LogP contribution in [0.4, 0.5) is 10.7 Å². The Morgan fingerprint density at radius 1 is 1.58 bits per heavy atom. The van der Waals surface area contributed by atoms with E-state index in [0.29, 0.717) is 5.00 Å². The molecule has 0 amide bonds. The van der Waals surface area contributed by atoms with Crippen LogP contribution in [0.5, 0.6) is 0 Å². The lowest BCUT2D eigenvalue weighted by Crippen LogP contribution is -2.09. The van der Waals surface area contributed by atoms with Crippen molar-refractivity contribution in [3.05, 3.63) is 10.9 Å². The van der Waals surface area contributed by atoms with Crippen LogP contribution in [0.3, 0.4) is 0 Å². The summed E-state index contributed by atoms with van der Waals surface area (Å²) in [5.74, 6) is 0.0693. The smallest absolute Gasteiger partial charge is 0.169 e. The van der Waals surface area contributed by atoms with Crippen LogP contribution in [0.1, 0.15) is 16.6 Å². The largest absolute Gasteiger partial charge is 0.389 e. The van der Waals surface area contributed by atoms with Gasteiger partial charge >= 0.3 is 0 Å². The van der Waals surface area contributed by atoms with Gasteiger partial charge in [0.1, 0.15) is 5.00 Å². The standard InChI is InChI=1S/C8H12N2OS/c1-5(11)7-4-6(10(2)3)8(9)12-7/h4H,9H2,1-3H3. The zero-order chi connectivity index (χ0) is 9.30. The number of nitrogens with zero attached hydrogens (tertiary/aromatic N) is 1. The second-order valence-corrected chi connectivity index (χ2v) is 3.89. The minimum absolute atomic E-state index is 0.0693. The van der Waals surface area contributed by atoms with Crippen molar-refractivity contribution in [1.82, 2.24) is 0 Å². The summed E-state index contributed by atoms with van der Waals surface area (Å²) in [7, 11) is 3.81. The van der Waals surface area contributed by atoms with Crippen LogP contribution in [0.2, 0.25) is 0 Å². The highest BCUT2D eigenvalue weighted by Crippen LogP contribution is 2.31. The van der Waals surface area contributed by atoms with E-state index in [2.05, 4.69) is 0 Å². The summed E-state index contributed by atoms with van der Waals surface area (Å²) in [6, 6.07) is 1.82. The number of hydrogen-bond acceptors (Lipinski definition) is 4. The van der Waals surface area contributed by atoms with Crippen LogP contribution in [0.25, 0.3) is 0 Å². The molecule has 0 unspecified atom stereocenters. The van der Waals surface area contributed by atoms with Crippen LogP contribution in [0.15, 0.2) is 6.07 Å². The van der Waals surface area contributed by atoms with Crippen molar-refractivity contribution in [2.24, 2.45) is 0 Å². The van der Waals surface area contributed by atoms with Gasteiger partial charge in [0.15, 0.2) is 5.78 Å². The van der Waals surface area contributed by atoms with Gasteiger partial charge in [-0.2, -0.15) is 0 Å². The molecule has 0 saturated carbocycles. The first-order valence-corrected chi connectivity index (χ1v) is 4.41. The maximum atomic E-state index is 11.0. The predicted molar refractivity (Wildman–Crippen MR) is 53.1 cm³/mol. The number of nitrogens with two attached hydrogens (primary N) is 1. The van der Waals surface area contributed by atoms with Gasteiger partial charge in [0.2, 0.25) is 0 Å². The van der Waals surface area contributed by atoms with Gasteiger partial charge in [-0.05, 0) is 13.0 Å². The molecule has 1 rings (SSSR count). The van der Waals surface area contributed by atoms with E-state index < -0.39 is 0 Å². The number of carbonyl (C=O) groups excluding carboxylic acids is 1. The molecule has 0 spiro atoms. The Balaban J connectivity index is 3.09. The summed E-state index contributed by atoms with van der Waals surface area (Å²) >= 11 is 1.34. The van der Waals surface area contributed by atoms with Gasteiger partial charge in [-0.25, -0.2) is 0 Å². The van der Waals surface area contributed by atoms with Crippen molar-refractivity contribution in [3.63, 3.8) is 0 Å². The Morgan fingerprint density at radius 2 is 2.17 bits per heavy atom. The molecule has 0 fully saturated rings. The maximum absolute atomic E-state index is 11.0. The average Bonchev–Trinajstić information content (AvgIpc) is 2.30. The third-order valence-electron chi connectivity index (χ3n) is 1.57. The van der Waals surface area contributed by atoms with Gasteiger partial charge in [0.25, 0.3) is 0 Å². The second kappa shape index (κ2) is 3.15. The molecule has 0 aromatic carbocycles. The third-order valence-corrected chi connectivity index (χ3v) is 2.62. The lowest BCUT2D eigenvalue weighted by Gasteiger charge is -2.09. The Kier molecular flexibility index (Phi) is 2.38. The molecule has 0 aliphatic carbocycles. The van der Waals surface area contributed by atoms with E-state index in [1.807, 2.05) is 25.1 Å². The fraction of sp³-hybridized carbons (Fsp3) is 0.375. The van der Waals surface area contributed by atoms with Crippen LogP contribution >= 0.6 is 11.3 Å². The molecule has 1 aromatic rings. The summed E-state index contributed by atoms with van der Waals surface area (Å²) in [5, 5.41) is 0.699. The number of ketones is 1. The first-order chi connectivity index (χ1) is 5.52. The molecule has 12 heavy (non-hydrogen) atoms. The molecule has 0 aliphatic rings. The monoisotopic (exact) mass is 184 g/mol. The highest BCUT2D eigenvalue weighted by molar-refractivity contribution is 7.18. The molecule has 2 N–H and O–H groups in total. The quantitative estimate of drug-likeness (QED) is 0.710. The van der Waals surface area contributed by atoms with Crippen LogP contribution in [0, 0.1) is 0 Å². The van der Waals surface area contributed by atoms with Crippen LogP contribution in [-0.2, 0) is 0 Å². The minimum atomic E-state index is 0.0693. The Bertz CT molecular complexity index is 304. The van der Waals surface area contributed by atoms with E-state index in [1.54, 1.807) is 6.92 Å². The van der Waals surface area contributed by atoms with Crippen molar-refractivity contribution in [2.45, 2.75) is 6.92 Å². The van der Waals surface area contributed by atoms with E-state index in [-0.39, 0.29) is 5.78 Å². The van der Waals surface area contributed by atoms with Crippen molar-refractivity contribution < 1.29 is 4.79 Å². The summed E-state index contributed by atoms with van der Waals surface area (Å²) in [5.41, 5.74) is 6.63. The first-order valence-electron chi connectivity index (χ1n) is 3.60. The fourth-order valence-electron chi connectivity index (χ4n) is 0.918. The van der Waals surface area contributed by atoms with Gasteiger partial charge in [0.05, 0.1) is 10.6 Å². The van der Waals surface area contributed by atoms with Gasteiger partial charge < -0.3 is 10.6 Å². The van der Waals surface area contributed by atoms with Gasteiger partial charge in [0, 0.05) is 14.1 Å². The molecule has 0 radical (unpaired) electrons. The van der Waals surface area contributed by atoms with Gasteiger partial charge in [-0.1, -0.05) is 0 Å². The van der Waals surface area contributed by atoms with Crippen LogP contribution < -0.4 is 10.6 Å². The zero-order valence-corrected chi connectivity index (χ0v) is 8.23. The van der Waals surface area contributed by atoms with E-state index in [4.69, 9.17) is 5.73 Å². The number of carbonyl (C=O) groups is 1. The summed E-state index contributed by atoms with van der Waals surface area (Å²) < 4.78 is 0. The van der Waals surface area contributed by atoms with Gasteiger partial charge in [-0.15, -0.1) is 11.3 Å². The number of rotatable bonds is 2. The fourth-order valence-corrected chi connectivity index (χ4v) is 1.82. The zero-order valence-electron chi connectivity index (χ0n) is 7.42. The number of Topliss-reactive ketones (excluding diaryl/α,β-unsaturated/α-hetero) is 1. The molecule has 0 aliphatic heterocycles. The Hall–Kier alpha value is -1.03. The molecular weight excluding hydrogens is 172 g/mol. The highest BCUT2D eigenvalue weighted by atomic mass is 32.1. The Morgan fingerprint density at radius 3 is 2.42 bits per heavy atom. The van der Waals surface area contributed by atoms with Crippen LogP contribution in [-0.4, -0.2) is 19.9 Å². The molecule has 0 atom stereocenters. The van der Waals surface area contributed by atoms with E-state index in [0.717, 1.165) is 10.6 Å². The third kappa shape index (κ3) is 1.58. The van der Waals surface area contributed by atoms with Crippen molar-refractivity contribution in [2.75, 3.05) is 24.7 Å². The van der Waals surface area contributed by atoms with E-state index in [1.165, 1.54) is 11.3 Å². The van der Waals surface area contributed by atoms with Gasteiger partial charge in [-0.3, -0.25) is 4.79 Å². The normalized spacial score (nSPS) is 9.92. The molecule has 1 heterocycles. The summed E-state index contributed by atoms with van der Waals surface area (Å²) in [6.07, 6.45) is 0. The molecule has 4 heteroatoms. The molecule has 0 saturated heterocycles. The lowest BCUT2D eigenvalue weighted by atomic mass is 10.3. The van der Waals surface area contributed by atoms with E-state index in [9.17, 15) is 4.79 Å². The lowest BCUT2D eigenvalue weighted by molar-refractivity contribution is 0.102. The van der Waals surface area contributed by atoms with E-state index >= 15 is 0 Å². The average molecular weight is 184 g/mol.